The Bertz CT molecular complexity index is 899. The molecule has 3 rings (SSSR count). The number of rotatable bonds is 5. The minimum Gasteiger partial charge on any atom is -0.406 e. The van der Waals surface area contributed by atoms with E-state index in [1.165, 1.54) is 24.3 Å². The van der Waals surface area contributed by atoms with Gasteiger partial charge in [-0.25, -0.2) is 0 Å². The van der Waals surface area contributed by atoms with Gasteiger partial charge in [0.1, 0.15) is 11.9 Å². The number of amides is 2. The molecule has 1 saturated heterocycles. The molecule has 2 atom stereocenters. The lowest BCUT2D eigenvalue weighted by atomic mass is 9.93. The molecule has 0 saturated carbocycles. The summed E-state index contributed by atoms with van der Waals surface area (Å²) in [6, 6.07) is 13.7. The zero-order valence-corrected chi connectivity index (χ0v) is 16.4. The first kappa shape index (κ1) is 21.6. The SMILES string of the molecule is CC(C)(NC(=O)C1CC(=O)NC(c2ccccc2)N1)c1ccc(OC(F)(F)F)cc1. The smallest absolute Gasteiger partial charge is 0.406 e. The van der Waals surface area contributed by atoms with Crippen LogP contribution in [0.4, 0.5) is 13.2 Å². The summed E-state index contributed by atoms with van der Waals surface area (Å²) >= 11 is 0. The van der Waals surface area contributed by atoms with Gasteiger partial charge in [-0.2, -0.15) is 0 Å². The van der Waals surface area contributed by atoms with Gasteiger partial charge in [-0.15, -0.1) is 13.2 Å². The number of nitrogens with one attached hydrogen (secondary N) is 3. The summed E-state index contributed by atoms with van der Waals surface area (Å²) < 4.78 is 40.8. The number of carbonyl (C=O) groups excluding carboxylic acids is 2. The third-order valence-corrected chi connectivity index (χ3v) is 4.76. The number of carbonyl (C=O) groups is 2. The third-order valence-electron chi connectivity index (χ3n) is 4.76. The molecule has 2 amide bonds. The third kappa shape index (κ3) is 5.50. The maximum absolute atomic E-state index is 12.8. The standard InChI is InChI=1S/C21H22F3N3O3/c1-20(2,14-8-10-15(11-9-14)30-21(22,23)24)27-19(29)16-12-17(28)26-18(25-16)13-6-4-3-5-7-13/h3-11,16,18,25H,12H2,1-2H3,(H,26,28)(H,27,29). The second-order valence-electron chi connectivity index (χ2n) is 7.52. The molecule has 1 fully saturated rings. The van der Waals surface area contributed by atoms with Crippen LogP contribution in [-0.4, -0.2) is 24.2 Å². The fourth-order valence-electron chi connectivity index (χ4n) is 3.24. The van der Waals surface area contributed by atoms with Gasteiger partial charge in [-0.05, 0) is 37.1 Å². The van der Waals surface area contributed by atoms with E-state index in [0.717, 1.165) is 5.56 Å². The molecule has 30 heavy (non-hydrogen) atoms. The molecule has 3 N–H and O–H groups in total. The molecule has 2 unspecified atom stereocenters. The van der Waals surface area contributed by atoms with Crippen LogP contribution < -0.4 is 20.7 Å². The van der Waals surface area contributed by atoms with Crippen molar-refractivity contribution in [1.29, 1.82) is 0 Å². The predicted molar refractivity (Wildman–Crippen MR) is 103 cm³/mol. The Kier molecular flexibility index (Phi) is 6.02. The molecule has 160 valence electrons. The Morgan fingerprint density at radius 3 is 2.30 bits per heavy atom. The van der Waals surface area contributed by atoms with Crippen LogP contribution in [0.5, 0.6) is 5.75 Å². The fraction of sp³-hybridized carbons (Fsp3) is 0.333. The van der Waals surface area contributed by atoms with E-state index >= 15 is 0 Å². The minimum absolute atomic E-state index is 0.0242. The number of halogens is 3. The molecule has 0 radical (unpaired) electrons. The molecule has 0 aromatic heterocycles. The lowest BCUT2D eigenvalue weighted by Gasteiger charge is -2.34. The van der Waals surface area contributed by atoms with Crippen molar-refractivity contribution in [2.45, 2.75) is 44.4 Å². The molecule has 9 heteroatoms. The first-order chi connectivity index (χ1) is 14.0. The van der Waals surface area contributed by atoms with Gasteiger partial charge in [0.05, 0.1) is 18.0 Å². The maximum atomic E-state index is 12.8. The fourth-order valence-corrected chi connectivity index (χ4v) is 3.24. The Balaban J connectivity index is 1.68. The van der Waals surface area contributed by atoms with Gasteiger partial charge in [-0.1, -0.05) is 42.5 Å². The van der Waals surface area contributed by atoms with E-state index in [1.807, 2.05) is 30.3 Å². The number of hydrogen-bond donors (Lipinski definition) is 3. The summed E-state index contributed by atoms with van der Waals surface area (Å²) in [4.78, 5) is 24.9. The summed E-state index contributed by atoms with van der Waals surface area (Å²) in [5, 5.41) is 8.78. The monoisotopic (exact) mass is 421 g/mol. The minimum atomic E-state index is -4.77. The molecule has 0 bridgehead atoms. The Labute approximate surface area is 171 Å². The molecule has 2 aromatic carbocycles. The van der Waals surface area contributed by atoms with E-state index in [9.17, 15) is 22.8 Å². The van der Waals surface area contributed by atoms with Crippen LogP contribution in [0.15, 0.2) is 54.6 Å². The van der Waals surface area contributed by atoms with E-state index in [-0.39, 0.29) is 24.0 Å². The van der Waals surface area contributed by atoms with Gasteiger partial charge >= 0.3 is 6.36 Å². The zero-order chi connectivity index (χ0) is 21.9. The lowest BCUT2D eigenvalue weighted by Crippen LogP contribution is -2.58. The van der Waals surface area contributed by atoms with Crippen molar-refractivity contribution < 1.29 is 27.5 Å². The molecule has 1 heterocycles. The van der Waals surface area contributed by atoms with E-state index in [1.54, 1.807) is 13.8 Å². The van der Waals surface area contributed by atoms with Gasteiger partial charge in [0.25, 0.3) is 0 Å². The lowest BCUT2D eigenvalue weighted by molar-refractivity contribution is -0.274. The van der Waals surface area contributed by atoms with Crippen molar-refractivity contribution in [1.82, 2.24) is 16.0 Å². The second kappa shape index (κ2) is 8.35. The Morgan fingerprint density at radius 2 is 1.70 bits per heavy atom. The number of hydrogen-bond acceptors (Lipinski definition) is 4. The van der Waals surface area contributed by atoms with Crippen LogP contribution in [0.2, 0.25) is 0 Å². The topological polar surface area (TPSA) is 79.5 Å². The second-order valence-corrected chi connectivity index (χ2v) is 7.52. The van der Waals surface area contributed by atoms with Crippen molar-refractivity contribution in [2.24, 2.45) is 0 Å². The van der Waals surface area contributed by atoms with Gasteiger partial charge in [0.2, 0.25) is 11.8 Å². The molecule has 6 nitrogen and oxygen atoms in total. The number of alkyl halides is 3. The Hall–Kier alpha value is -3.07. The number of benzene rings is 2. The summed E-state index contributed by atoms with van der Waals surface area (Å²) in [5.74, 6) is -0.981. The molecule has 1 aliphatic rings. The summed E-state index contributed by atoms with van der Waals surface area (Å²) in [6.07, 6.45) is -5.29. The van der Waals surface area contributed by atoms with Crippen molar-refractivity contribution in [3.8, 4) is 5.75 Å². The van der Waals surface area contributed by atoms with Gasteiger partial charge < -0.3 is 15.4 Å². The van der Waals surface area contributed by atoms with Crippen LogP contribution in [0.25, 0.3) is 0 Å². The predicted octanol–water partition coefficient (Wildman–Crippen LogP) is 3.11. The summed E-state index contributed by atoms with van der Waals surface area (Å²) in [5.41, 5.74) is 0.527. The van der Waals surface area contributed by atoms with E-state index in [2.05, 4.69) is 20.7 Å². The zero-order valence-electron chi connectivity index (χ0n) is 16.4. The molecule has 0 aliphatic carbocycles. The first-order valence-electron chi connectivity index (χ1n) is 9.32. The van der Waals surface area contributed by atoms with Crippen LogP contribution in [0.3, 0.4) is 0 Å². The molecular weight excluding hydrogens is 399 g/mol. The first-order valence-corrected chi connectivity index (χ1v) is 9.32. The van der Waals surface area contributed by atoms with Crippen LogP contribution in [0.1, 0.15) is 37.6 Å². The van der Waals surface area contributed by atoms with Crippen LogP contribution >= 0.6 is 0 Å². The Morgan fingerprint density at radius 1 is 1.07 bits per heavy atom. The molecule has 0 spiro atoms. The van der Waals surface area contributed by atoms with Crippen molar-refractivity contribution in [3.63, 3.8) is 0 Å². The summed E-state index contributed by atoms with van der Waals surface area (Å²) in [7, 11) is 0. The van der Waals surface area contributed by atoms with Crippen LogP contribution in [-0.2, 0) is 15.1 Å². The average Bonchev–Trinajstić information content (AvgIpc) is 2.67. The van der Waals surface area contributed by atoms with Crippen molar-refractivity contribution in [2.75, 3.05) is 0 Å². The largest absolute Gasteiger partial charge is 0.573 e. The highest BCUT2D eigenvalue weighted by Crippen LogP contribution is 2.27. The highest BCUT2D eigenvalue weighted by Gasteiger charge is 2.34. The maximum Gasteiger partial charge on any atom is 0.573 e. The molecule has 1 aliphatic heterocycles. The summed E-state index contributed by atoms with van der Waals surface area (Å²) in [6.45, 7) is 3.45. The molecular formula is C21H22F3N3O3. The highest BCUT2D eigenvalue weighted by atomic mass is 19.4. The quantitative estimate of drug-likeness (QED) is 0.693. The van der Waals surface area contributed by atoms with E-state index in [4.69, 9.17) is 0 Å². The van der Waals surface area contributed by atoms with E-state index in [0.29, 0.717) is 5.56 Å². The molecule has 2 aromatic rings. The van der Waals surface area contributed by atoms with Gasteiger partial charge in [0, 0.05) is 0 Å². The highest BCUT2D eigenvalue weighted by molar-refractivity contribution is 5.90. The van der Waals surface area contributed by atoms with E-state index < -0.39 is 24.1 Å². The normalized spacial score (nSPS) is 19.7. The van der Waals surface area contributed by atoms with Gasteiger partial charge in [0.15, 0.2) is 0 Å². The van der Waals surface area contributed by atoms with Crippen LogP contribution in [0, 0.1) is 0 Å². The van der Waals surface area contributed by atoms with Crippen molar-refractivity contribution in [3.05, 3.63) is 65.7 Å². The average molecular weight is 421 g/mol. The van der Waals surface area contributed by atoms with Crippen molar-refractivity contribution >= 4 is 11.8 Å². The number of ether oxygens (including phenoxy) is 1. The van der Waals surface area contributed by atoms with Gasteiger partial charge in [-0.3, -0.25) is 14.9 Å².